The minimum atomic E-state index is -3.18. The van der Waals surface area contributed by atoms with Crippen LogP contribution in [0.2, 0.25) is 0 Å². The van der Waals surface area contributed by atoms with E-state index in [2.05, 4.69) is 29.2 Å². The number of rotatable bonds is 10. The number of hydrogen-bond acceptors (Lipinski definition) is 3. The molecule has 0 aliphatic carbocycles. The van der Waals surface area contributed by atoms with Crippen LogP contribution in [0.5, 0.6) is 0 Å². The fraction of sp³-hybridized carbons (Fsp3) is 0.923. The Hall–Kier alpha value is -0.820. The van der Waals surface area contributed by atoms with E-state index >= 15 is 0 Å². The van der Waals surface area contributed by atoms with E-state index in [1.807, 2.05) is 6.92 Å². The molecule has 2 amide bonds. The maximum atomic E-state index is 11.5. The lowest BCUT2D eigenvalue weighted by atomic mass is 10.0. The van der Waals surface area contributed by atoms with Gasteiger partial charge >= 0.3 is 6.03 Å². The zero-order valence-electron chi connectivity index (χ0n) is 13.0. The molecule has 0 heterocycles. The summed E-state index contributed by atoms with van der Waals surface area (Å²) in [7, 11) is -3.18. The van der Waals surface area contributed by atoms with Crippen molar-refractivity contribution >= 4 is 16.1 Å². The number of urea groups is 1. The Labute approximate surface area is 123 Å². The Balaban J connectivity index is 3.67. The van der Waals surface area contributed by atoms with Crippen LogP contribution in [0.25, 0.3) is 0 Å². The first-order valence-electron chi connectivity index (χ1n) is 7.28. The summed E-state index contributed by atoms with van der Waals surface area (Å²) < 4.78 is 24.7. The van der Waals surface area contributed by atoms with Crippen molar-refractivity contribution in [3.8, 4) is 0 Å². The summed E-state index contributed by atoms with van der Waals surface area (Å²) in [4.78, 5) is 11.5. The maximum Gasteiger partial charge on any atom is 0.315 e. The summed E-state index contributed by atoms with van der Waals surface area (Å²) in [6.45, 7) is 8.40. The SMILES string of the molecule is CCS(=O)(=O)NCCNC(=O)NC(C)CCCC(C)C. The van der Waals surface area contributed by atoms with Crippen molar-refractivity contribution in [1.82, 2.24) is 15.4 Å². The highest BCUT2D eigenvalue weighted by molar-refractivity contribution is 7.89. The first-order valence-corrected chi connectivity index (χ1v) is 8.93. The third kappa shape index (κ3) is 11.0. The van der Waals surface area contributed by atoms with E-state index in [1.54, 1.807) is 6.92 Å². The molecule has 0 spiro atoms. The summed E-state index contributed by atoms with van der Waals surface area (Å²) in [5.74, 6) is 0.731. The van der Waals surface area contributed by atoms with E-state index in [-0.39, 0.29) is 30.9 Å². The number of hydrogen-bond donors (Lipinski definition) is 3. The second-order valence-corrected chi connectivity index (χ2v) is 7.52. The average molecular weight is 307 g/mol. The second kappa shape index (κ2) is 9.99. The van der Waals surface area contributed by atoms with Gasteiger partial charge in [0.1, 0.15) is 0 Å². The Morgan fingerprint density at radius 2 is 1.75 bits per heavy atom. The summed E-state index contributed by atoms with van der Waals surface area (Å²) in [5.41, 5.74) is 0. The first kappa shape index (κ1) is 19.2. The van der Waals surface area contributed by atoms with E-state index in [9.17, 15) is 13.2 Å². The van der Waals surface area contributed by atoms with E-state index in [1.165, 1.54) is 0 Å². The van der Waals surface area contributed by atoms with Crippen molar-refractivity contribution in [2.75, 3.05) is 18.8 Å². The van der Waals surface area contributed by atoms with Crippen molar-refractivity contribution in [2.45, 2.75) is 53.0 Å². The summed E-state index contributed by atoms with van der Waals surface area (Å²) in [5, 5.41) is 5.47. The van der Waals surface area contributed by atoms with Gasteiger partial charge in [0.25, 0.3) is 0 Å². The maximum absolute atomic E-state index is 11.5. The number of sulfonamides is 1. The molecule has 0 aromatic rings. The highest BCUT2D eigenvalue weighted by Crippen LogP contribution is 2.07. The molecule has 0 saturated carbocycles. The zero-order valence-corrected chi connectivity index (χ0v) is 13.8. The number of amides is 2. The average Bonchev–Trinajstić information content (AvgIpc) is 2.34. The smallest absolute Gasteiger partial charge is 0.315 e. The highest BCUT2D eigenvalue weighted by Gasteiger charge is 2.08. The van der Waals surface area contributed by atoms with Gasteiger partial charge in [0.05, 0.1) is 5.75 Å². The van der Waals surface area contributed by atoms with Gasteiger partial charge in [0.15, 0.2) is 0 Å². The molecule has 120 valence electrons. The summed E-state index contributed by atoms with van der Waals surface area (Å²) in [6, 6.07) is -0.126. The van der Waals surface area contributed by atoms with Gasteiger partial charge in [-0.25, -0.2) is 17.9 Å². The molecule has 0 aliphatic rings. The Morgan fingerprint density at radius 1 is 1.10 bits per heavy atom. The van der Waals surface area contributed by atoms with Crippen LogP contribution in [0.1, 0.15) is 47.0 Å². The molecule has 0 aliphatic heterocycles. The molecule has 1 unspecified atom stereocenters. The molecule has 1 atom stereocenters. The molecule has 0 aromatic heterocycles. The van der Waals surface area contributed by atoms with Crippen molar-refractivity contribution in [1.29, 1.82) is 0 Å². The van der Waals surface area contributed by atoms with Gasteiger partial charge in [-0.3, -0.25) is 0 Å². The molecular weight excluding hydrogens is 278 g/mol. The van der Waals surface area contributed by atoms with Crippen molar-refractivity contribution in [3.63, 3.8) is 0 Å². The van der Waals surface area contributed by atoms with Gasteiger partial charge in [-0.05, 0) is 26.2 Å². The quantitative estimate of drug-likeness (QED) is 0.534. The number of carbonyl (C=O) groups is 1. The fourth-order valence-electron chi connectivity index (χ4n) is 1.66. The topological polar surface area (TPSA) is 87.3 Å². The molecule has 0 rings (SSSR count). The molecule has 7 heteroatoms. The predicted octanol–water partition coefficient (Wildman–Crippen LogP) is 1.44. The summed E-state index contributed by atoms with van der Waals surface area (Å²) in [6.07, 6.45) is 3.20. The molecule has 0 aromatic carbocycles. The highest BCUT2D eigenvalue weighted by atomic mass is 32.2. The standard InChI is InChI=1S/C13H29N3O3S/c1-5-20(18,19)15-10-9-14-13(17)16-12(4)8-6-7-11(2)3/h11-12,15H,5-10H2,1-4H3,(H2,14,16,17). The molecule has 6 nitrogen and oxygen atoms in total. The van der Waals surface area contributed by atoms with Crippen LogP contribution in [0.4, 0.5) is 4.79 Å². The van der Waals surface area contributed by atoms with E-state index in [0.717, 1.165) is 19.3 Å². The Bertz CT molecular complexity index is 369. The van der Waals surface area contributed by atoms with Crippen LogP contribution < -0.4 is 15.4 Å². The van der Waals surface area contributed by atoms with Crippen LogP contribution in [0.3, 0.4) is 0 Å². The van der Waals surface area contributed by atoms with Gasteiger partial charge in [-0.1, -0.05) is 26.7 Å². The second-order valence-electron chi connectivity index (χ2n) is 5.42. The van der Waals surface area contributed by atoms with Crippen LogP contribution in [-0.2, 0) is 10.0 Å². The Kier molecular flexibility index (Phi) is 9.58. The van der Waals surface area contributed by atoms with E-state index in [4.69, 9.17) is 0 Å². The number of carbonyl (C=O) groups excluding carboxylic acids is 1. The lowest BCUT2D eigenvalue weighted by Gasteiger charge is -2.15. The van der Waals surface area contributed by atoms with Crippen molar-refractivity contribution in [3.05, 3.63) is 0 Å². The lowest BCUT2D eigenvalue weighted by Crippen LogP contribution is -2.43. The molecule has 0 fully saturated rings. The molecule has 20 heavy (non-hydrogen) atoms. The van der Waals surface area contributed by atoms with Gasteiger partial charge in [-0.15, -0.1) is 0 Å². The van der Waals surface area contributed by atoms with Crippen LogP contribution in [0.15, 0.2) is 0 Å². The minimum absolute atomic E-state index is 0.0477. The van der Waals surface area contributed by atoms with Gasteiger partial charge in [-0.2, -0.15) is 0 Å². The first-order chi connectivity index (χ1) is 9.26. The monoisotopic (exact) mass is 307 g/mol. The third-order valence-corrected chi connectivity index (χ3v) is 4.31. The molecular formula is C13H29N3O3S. The van der Waals surface area contributed by atoms with E-state index < -0.39 is 10.0 Å². The van der Waals surface area contributed by atoms with Gasteiger partial charge < -0.3 is 10.6 Å². The molecule has 3 N–H and O–H groups in total. The molecule has 0 bridgehead atoms. The van der Waals surface area contributed by atoms with Gasteiger partial charge in [0, 0.05) is 19.1 Å². The third-order valence-electron chi connectivity index (χ3n) is 2.91. The minimum Gasteiger partial charge on any atom is -0.337 e. The largest absolute Gasteiger partial charge is 0.337 e. The Morgan fingerprint density at radius 3 is 2.30 bits per heavy atom. The van der Waals surface area contributed by atoms with Crippen molar-refractivity contribution in [2.24, 2.45) is 5.92 Å². The zero-order chi connectivity index (χ0) is 15.6. The van der Waals surface area contributed by atoms with Crippen LogP contribution in [0, 0.1) is 5.92 Å². The van der Waals surface area contributed by atoms with E-state index in [0.29, 0.717) is 5.92 Å². The number of nitrogens with one attached hydrogen (secondary N) is 3. The van der Waals surface area contributed by atoms with Crippen molar-refractivity contribution < 1.29 is 13.2 Å². The van der Waals surface area contributed by atoms with Gasteiger partial charge in [0.2, 0.25) is 10.0 Å². The molecule has 0 saturated heterocycles. The van der Waals surface area contributed by atoms with Crippen LogP contribution in [-0.4, -0.2) is 39.3 Å². The lowest BCUT2D eigenvalue weighted by molar-refractivity contribution is 0.237. The fourth-order valence-corrected chi connectivity index (χ4v) is 2.28. The summed E-state index contributed by atoms with van der Waals surface area (Å²) >= 11 is 0. The van der Waals surface area contributed by atoms with Crippen LogP contribution >= 0.6 is 0 Å². The normalized spacial score (nSPS) is 13.2. The predicted molar refractivity (Wildman–Crippen MR) is 82.1 cm³/mol. The molecule has 0 radical (unpaired) electrons.